The Morgan fingerprint density at radius 1 is 1.44 bits per heavy atom. The Balaban J connectivity index is 2.05. The maximum atomic E-state index is 5.30. The molecule has 0 aliphatic carbocycles. The number of fused-ring (bicyclic) bond motifs is 1. The van der Waals surface area contributed by atoms with Crippen LogP contribution in [0.2, 0.25) is 0 Å². The maximum Gasteiger partial charge on any atom is 0.177 e. The second-order valence-electron chi connectivity index (χ2n) is 3.81. The standard InChI is InChI=1S/C12H17N3O/c1-3-16-8-4-5-10-14-11-9(2)6-7-13-12(11)15-10/h6-7H,3-5,8H2,1-2H3,(H,13,14,15). The number of H-pyrrole nitrogens is 1. The lowest BCUT2D eigenvalue weighted by Crippen LogP contribution is -1.97. The van der Waals surface area contributed by atoms with E-state index in [9.17, 15) is 0 Å². The number of nitrogens with zero attached hydrogens (tertiary/aromatic N) is 2. The highest BCUT2D eigenvalue weighted by Crippen LogP contribution is 2.13. The van der Waals surface area contributed by atoms with Crippen molar-refractivity contribution in [3.8, 4) is 0 Å². The van der Waals surface area contributed by atoms with Gasteiger partial charge in [0, 0.05) is 25.8 Å². The van der Waals surface area contributed by atoms with Gasteiger partial charge in [-0.1, -0.05) is 0 Å². The maximum absolute atomic E-state index is 5.30. The van der Waals surface area contributed by atoms with Crippen LogP contribution < -0.4 is 0 Å². The van der Waals surface area contributed by atoms with E-state index in [1.165, 1.54) is 5.56 Å². The minimum absolute atomic E-state index is 0.779. The van der Waals surface area contributed by atoms with E-state index in [1.54, 1.807) is 6.20 Å². The lowest BCUT2D eigenvalue weighted by molar-refractivity contribution is 0.145. The fraction of sp³-hybridized carbons (Fsp3) is 0.500. The molecular formula is C12H17N3O. The minimum atomic E-state index is 0.779. The normalized spacial score (nSPS) is 11.1. The molecule has 2 rings (SSSR count). The molecule has 2 aromatic rings. The summed E-state index contributed by atoms with van der Waals surface area (Å²) in [6.45, 7) is 5.64. The third kappa shape index (κ3) is 2.39. The van der Waals surface area contributed by atoms with Crippen molar-refractivity contribution in [1.29, 1.82) is 0 Å². The Morgan fingerprint density at radius 2 is 2.31 bits per heavy atom. The lowest BCUT2D eigenvalue weighted by atomic mass is 10.3. The van der Waals surface area contributed by atoms with Crippen LogP contribution in [0.5, 0.6) is 0 Å². The van der Waals surface area contributed by atoms with Gasteiger partial charge in [0.05, 0.1) is 5.52 Å². The molecule has 2 heterocycles. The molecule has 1 N–H and O–H groups in total. The van der Waals surface area contributed by atoms with E-state index in [0.29, 0.717) is 0 Å². The Hall–Kier alpha value is -1.42. The first-order chi connectivity index (χ1) is 7.81. The van der Waals surface area contributed by atoms with Gasteiger partial charge in [-0.05, 0) is 31.9 Å². The molecule has 0 aliphatic rings. The number of rotatable bonds is 5. The Morgan fingerprint density at radius 3 is 3.06 bits per heavy atom. The monoisotopic (exact) mass is 219 g/mol. The van der Waals surface area contributed by atoms with Crippen LogP contribution in [-0.2, 0) is 11.2 Å². The van der Waals surface area contributed by atoms with Crippen molar-refractivity contribution in [1.82, 2.24) is 15.0 Å². The van der Waals surface area contributed by atoms with Gasteiger partial charge < -0.3 is 9.72 Å². The number of aromatic amines is 1. The summed E-state index contributed by atoms with van der Waals surface area (Å²) >= 11 is 0. The Kier molecular flexibility index (Phi) is 3.51. The molecule has 2 aromatic heterocycles. The first-order valence-electron chi connectivity index (χ1n) is 5.69. The van der Waals surface area contributed by atoms with E-state index in [4.69, 9.17) is 4.74 Å². The molecular weight excluding hydrogens is 202 g/mol. The average molecular weight is 219 g/mol. The second kappa shape index (κ2) is 5.07. The molecule has 0 radical (unpaired) electrons. The quantitative estimate of drug-likeness (QED) is 0.784. The largest absolute Gasteiger partial charge is 0.382 e. The van der Waals surface area contributed by atoms with E-state index in [1.807, 2.05) is 13.0 Å². The first kappa shape index (κ1) is 11.1. The van der Waals surface area contributed by atoms with Gasteiger partial charge in [-0.3, -0.25) is 0 Å². The molecule has 0 aromatic carbocycles. The van der Waals surface area contributed by atoms with Gasteiger partial charge in [-0.2, -0.15) is 0 Å². The van der Waals surface area contributed by atoms with Gasteiger partial charge in [0.25, 0.3) is 0 Å². The summed E-state index contributed by atoms with van der Waals surface area (Å²) in [4.78, 5) is 12.0. The fourth-order valence-electron chi connectivity index (χ4n) is 1.69. The van der Waals surface area contributed by atoms with Gasteiger partial charge in [0.1, 0.15) is 5.82 Å². The third-order valence-electron chi connectivity index (χ3n) is 2.56. The van der Waals surface area contributed by atoms with Crippen molar-refractivity contribution in [3.05, 3.63) is 23.7 Å². The highest BCUT2D eigenvalue weighted by molar-refractivity contribution is 5.74. The van der Waals surface area contributed by atoms with Crippen molar-refractivity contribution in [2.24, 2.45) is 0 Å². The smallest absolute Gasteiger partial charge is 0.177 e. The van der Waals surface area contributed by atoms with E-state index in [2.05, 4.69) is 21.9 Å². The third-order valence-corrected chi connectivity index (χ3v) is 2.56. The molecule has 16 heavy (non-hydrogen) atoms. The Bertz CT molecular complexity index is 464. The highest BCUT2D eigenvalue weighted by Gasteiger charge is 2.05. The van der Waals surface area contributed by atoms with Crippen LogP contribution in [0, 0.1) is 6.92 Å². The highest BCUT2D eigenvalue weighted by atomic mass is 16.5. The molecule has 4 nitrogen and oxygen atoms in total. The predicted octanol–water partition coefficient (Wildman–Crippen LogP) is 2.24. The van der Waals surface area contributed by atoms with Crippen molar-refractivity contribution in [2.75, 3.05) is 13.2 Å². The number of imidazole rings is 1. The van der Waals surface area contributed by atoms with E-state index in [0.717, 1.165) is 43.0 Å². The first-order valence-corrected chi connectivity index (χ1v) is 5.69. The SMILES string of the molecule is CCOCCCc1nc2nccc(C)c2[nH]1. The number of hydrogen-bond donors (Lipinski definition) is 1. The van der Waals surface area contributed by atoms with Crippen molar-refractivity contribution >= 4 is 11.2 Å². The molecule has 0 amide bonds. The number of hydrogen-bond acceptors (Lipinski definition) is 3. The Labute approximate surface area is 95.1 Å². The molecule has 0 spiro atoms. The molecule has 0 saturated carbocycles. The summed E-state index contributed by atoms with van der Waals surface area (Å²) in [5, 5.41) is 0. The van der Waals surface area contributed by atoms with E-state index >= 15 is 0 Å². The molecule has 86 valence electrons. The van der Waals surface area contributed by atoms with Crippen LogP contribution in [0.15, 0.2) is 12.3 Å². The zero-order chi connectivity index (χ0) is 11.4. The van der Waals surface area contributed by atoms with Crippen LogP contribution in [-0.4, -0.2) is 28.2 Å². The minimum Gasteiger partial charge on any atom is -0.382 e. The van der Waals surface area contributed by atoms with Gasteiger partial charge in [0.2, 0.25) is 0 Å². The summed E-state index contributed by atoms with van der Waals surface area (Å²) in [6.07, 6.45) is 3.70. The number of aromatic nitrogens is 3. The molecule has 0 bridgehead atoms. The number of pyridine rings is 1. The topological polar surface area (TPSA) is 50.8 Å². The average Bonchev–Trinajstić information content (AvgIpc) is 2.69. The van der Waals surface area contributed by atoms with Gasteiger partial charge in [-0.15, -0.1) is 0 Å². The molecule has 4 heteroatoms. The van der Waals surface area contributed by atoms with Gasteiger partial charge >= 0.3 is 0 Å². The van der Waals surface area contributed by atoms with Gasteiger partial charge in [0.15, 0.2) is 5.65 Å². The van der Waals surface area contributed by atoms with Crippen LogP contribution in [0.25, 0.3) is 11.2 Å². The number of ether oxygens (including phenoxy) is 1. The summed E-state index contributed by atoms with van der Waals surface area (Å²) in [7, 11) is 0. The van der Waals surface area contributed by atoms with Crippen LogP contribution >= 0.6 is 0 Å². The van der Waals surface area contributed by atoms with E-state index < -0.39 is 0 Å². The zero-order valence-electron chi connectivity index (χ0n) is 9.79. The van der Waals surface area contributed by atoms with Crippen LogP contribution in [0.1, 0.15) is 24.7 Å². The van der Waals surface area contributed by atoms with Crippen molar-refractivity contribution in [3.63, 3.8) is 0 Å². The zero-order valence-corrected chi connectivity index (χ0v) is 9.79. The summed E-state index contributed by atoms with van der Waals surface area (Å²) in [6, 6.07) is 1.99. The molecule has 0 saturated heterocycles. The molecule has 0 aliphatic heterocycles. The van der Waals surface area contributed by atoms with E-state index in [-0.39, 0.29) is 0 Å². The molecule has 0 fully saturated rings. The van der Waals surface area contributed by atoms with Crippen molar-refractivity contribution in [2.45, 2.75) is 26.7 Å². The number of aryl methyl sites for hydroxylation is 2. The van der Waals surface area contributed by atoms with Crippen molar-refractivity contribution < 1.29 is 4.74 Å². The summed E-state index contributed by atoms with van der Waals surface area (Å²) in [5.41, 5.74) is 3.05. The molecule has 0 atom stereocenters. The summed E-state index contributed by atoms with van der Waals surface area (Å²) in [5.74, 6) is 0.997. The summed E-state index contributed by atoms with van der Waals surface area (Å²) < 4.78 is 5.30. The van der Waals surface area contributed by atoms with Gasteiger partial charge in [-0.25, -0.2) is 9.97 Å². The fourth-order valence-corrected chi connectivity index (χ4v) is 1.69. The second-order valence-corrected chi connectivity index (χ2v) is 3.81. The van der Waals surface area contributed by atoms with Crippen LogP contribution in [0.4, 0.5) is 0 Å². The van der Waals surface area contributed by atoms with Crippen LogP contribution in [0.3, 0.4) is 0 Å². The lowest BCUT2D eigenvalue weighted by Gasteiger charge is -1.98. The number of nitrogens with one attached hydrogen (secondary N) is 1. The molecule has 0 unspecified atom stereocenters. The predicted molar refractivity (Wildman–Crippen MR) is 63.4 cm³/mol.